The zero-order valence-electron chi connectivity index (χ0n) is 13.5. The van der Waals surface area contributed by atoms with Crippen molar-refractivity contribution >= 4 is 38.9 Å². The summed E-state index contributed by atoms with van der Waals surface area (Å²) in [5, 5.41) is 6.10. The number of anilines is 1. The van der Waals surface area contributed by atoms with E-state index >= 15 is 0 Å². The Morgan fingerprint density at radius 2 is 1.96 bits per heavy atom. The van der Waals surface area contributed by atoms with Gasteiger partial charge in [0.1, 0.15) is 0 Å². The molecule has 24 heavy (non-hydrogen) atoms. The van der Waals surface area contributed by atoms with Gasteiger partial charge in [0, 0.05) is 21.0 Å². The summed E-state index contributed by atoms with van der Waals surface area (Å²) in [6.07, 6.45) is 0.941. The molecule has 1 heterocycles. The SMILES string of the molecule is CCc1nc(-c2ccc(C(=O)Nc3ccc(C)cc3Br)cc2)cs1. The predicted octanol–water partition coefficient (Wildman–Crippen LogP) is 5.70. The molecule has 0 atom stereocenters. The first-order valence-corrected chi connectivity index (χ1v) is 9.36. The Hall–Kier alpha value is -1.98. The fourth-order valence-electron chi connectivity index (χ4n) is 2.31. The number of rotatable bonds is 4. The topological polar surface area (TPSA) is 42.0 Å². The van der Waals surface area contributed by atoms with Crippen LogP contribution in [0.3, 0.4) is 0 Å². The molecule has 0 unspecified atom stereocenters. The third-order valence-electron chi connectivity index (χ3n) is 3.67. The monoisotopic (exact) mass is 400 g/mol. The number of amides is 1. The molecular formula is C19H17BrN2OS. The number of carbonyl (C=O) groups excluding carboxylic acids is 1. The second kappa shape index (κ2) is 7.28. The molecule has 122 valence electrons. The van der Waals surface area contributed by atoms with Gasteiger partial charge < -0.3 is 5.32 Å². The van der Waals surface area contributed by atoms with Gasteiger partial charge in [-0.3, -0.25) is 4.79 Å². The molecule has 0 fully saturated rings. The van der Waals surface area contributed by atoms with E-state index in [1.54, 1.807) is 11.3 Å². The summed E-state index contributed by atoms with van der Waals surface area (Å²) in [5.74, 6) is -0.126. The first-order chi connectivity index (χ1) is 11.6. The molecule has 1 N–H and O–H groups in total. The largest absolute Gasteiger partial charge is 0.321 e. The summed E-state index contributed by atoms with van der Waals surface area (Å²) in [5.41, 5.74) is 4.52. The molecule has 3 rings (SSSR count). The van der Waals surface area contributed by atoms with Crippen molar-refractivity contribution in [1.82, 2.24) is 4.98 Å². The number of halogens is 1. The maximum Gasteiger partial charge on any atom is 0.255 e. The first kappa shape index (κ1) is 16.9. The minimum absolute atomic E-state index is 0.126. The van der Waals surface area contributed by atoms with Crippen LogP contribution >= 0.6 is 27.3 Å². The number of aromatic nitrogens is 1. The summed E-state index contributed by atoms with van der Waals surface area (Å²) in [4.78, 5) is 17.0. The van der Waals surface area contributed by atoms with Gasteiger partial charge in [-0.2, -0.15) is 0 Å². The number of thiazole rings is 1. The van der Waals surface area contributed by atoms with E-state index in [2.05, 4.69) is 38.5 Å². The van der Waals surface area contributed by atoms with Crippen LogP contribution in [-0.4, -0.2) is 10.9 Å². The number of aryl methyl sites for hydroxylation is 2. The minimum Gasteiger partial charge on any atom is -0.321 e. The van der Waals surface area contributed by atoms with Crippen LogP contribution in [0, 0.1) is 6.92 Å². The Kier molecular flexibility index (Phi) is 5.11. The van der Waals surface area contributed by atoms with E-state index in [0.29, 0.717) is 5.56 Å². The summed E-state index contributed by atoms with van der Waals surface area (Å²) in [7, 11) is 0. The van der Waals surface area contributed by atoms with E-state index in [4.69, 9.17) is 0 Å². The third kappa shape index (κ3) is 3.74. The zero-order valence-corrected chi connectivity index (χ0v) is 15.9. The van der Waals surface area contributed by atoms with Crippen LogP contribution < -0.4 is 5.32 Å². The van der Waals surface area contributed by atoms with Gasteiger partial charge in [-0.05, 0) is 59.1 Å². The molecule has 1 aromatic heterocycles. The molecule has 0 spiro atoms. The first-order valence-electron chi connectivity index (χ1n) is 7.69. The molecule has 0 aliphatic carbocycles. The van der Waals surface area contributed by atoms with Crippen LogP contribution in [0.2, 0.25) is 0 Å². The van der Waals surface area contributed by atoms with Crippen LogP contribution in [0.4, 0.5) is 5.69 Å². The van der Waals surface area contributed by atoms with Gasteiger partial charge in [0.15, 0.2) is 0 Å². The number of nitrogens with zero attached hydrogens (tertiary/aromatic N) is 1. The Morgan fingerprint density at radius 1 is 1.21 bits per heavy atom. The van der Waals surface area contributed by atoms with Crippen molar-refractivity contribution in [3.8, 4) is 11.3 Å². The van der Waals surface area contributed by atoms with Crippen molar-refractivity contribution in [1.29, 1.82) is 0 Å². The van der Waals surface area contributed by atoms with E-state index in [-0.39, 0.29) is 5.91 Å². The summed E-state index contributed by atoms with van der Waals surface area (Å²) in [6.45, 7) is 4.11. The predicted molar refractivity (Wildman–Crippen MR) is 104 cm³/mol. The normalized spacial score (nSPS) is 10.6. The zero-order chi connectivity index (χ0) is 17.1. The van der Waals surface area contributed by atoms with Crippen molar-refractivity contribution in [2.75, 3.05) is 5.32 Å². The lowest BCUT2D eigenvalue weighted by Gasteiger charge is -2.08. The van der Waals surface area contributed by atoms with Gasteiger partial charge in [-0.1, -0.05) is 25.1 Å². The summed E-state index contributed by atoms with van der Waals surface area (Å²) < 4.78 is 0.877. The lowest BCUT2D eigenvalue weighted by molar-refractivity contribution is 0.102. The molecule has 0 saturated carbocycles. The van der Waals surface area contributed by atoms with E-state index in [9.17, 15) is 4.79 Å². The highest BCUT2D eigenvalue weighted by atomic mass is 79.9. The van der Waals surface area contributed by atoms with Gasteiger partial charge >= 0.3 is 0 Å². The Morgan fingerprint density at radius 3 is 2.58 bits per heavy atom. The maximum atomic E-state index is 12.4. The number of nitrogens with one attached hydrogen (secondary N) is 1. The lowest BCUT2D eigenvalue weighted by atomic mass is 10.1. The molecule has 3 nitrogen and oxygen atoms in total. The van der Waals surface area contributed by atoms with Gasteiger partial charge in [0.25, 0.3) is 5.91 Å². The fourth-order valence-corrected chi connectivity index (χ4v) is 3.66. The number of carbonyl (C=O) groups is 1. The van der Waals surface area contributed by atoms with Crippen molar-refractivity contribution in [3.05, 3.63) is 68.5 Å². The fraction of sp³-hybridized carbons (Fsp3) is 0.158. The highest BCUT2D eigenvalue weighted by Crippen LogP contribution is 2.25. The van der Waals surface area contributed by atoms with Crippen molar-refractivity contribution < 1.29 is 4.79 Å². The van der Waals surface area contributed by atoms with Crippen LogP contribution in [-0.2, 0) is 6.42 Å². The van der Waals surface area contributed by atoms with Crippen LogP contribution in [0.1, 0.15) is 27.9 Å². The Labute approximate surface area is 153 Å². The molecule has 0 aliphatic rings. The standard InChI is InChI=1S/C19H17BrN2OS/c1-3-18-21-17(11-24-18)13-5-7-14(8-6-13)19(23)22-16-9-4-12(2)10-15(16)20/h4-11H,3H2,1-2H3,(H,22,23). The summed E-state index contributed by atoms with van der Waals surface area (Å²) in [6, 6.07) is 13.4. The molecular weight excluding hydrogens is 384 g/mol. The van der Waals surface area contributed by atoms with Crippen molar-refractivity contribution in [2.45, 2.75) is 20.3 Å². The van der Waals surface area contributed by atoms with E-state index in [1.165, 1.54) is 0 Å². The molecule has 2 aromatic carbocycles. The van der Waals surface area contributed by atoms with Crippen LogP contribution in [0.15, 0.2) is 52.3 Å². The smallest absolute Gasteiger partial charge is 0.255 e. The second-order valence-corrected chi connectivity index (χ2v) is 7.29. The van der Waals surface area contributed by atoms with E-state index in [0.717, 1.165) is 38.4 Å². The average Bonchev–Trinajstić information content (AvgIpc) is 3.06. The number of hydrogen-bond donors (Lipinski definition) is 1. The van der Waals surface area contributed by atoms with Crippen LogP contribution in [0.25, 0.3) is 11.3 Å². The van der Waals surface area contributed by atoms with E-state index < -0.39 is 0 Å². The van der Waals surface area contributed by atoms with Gasteiger partial charge in [0.05, 0.1) is 16.4 Å². The highest BCUT2D eigenvalue weighted by molar-refractivity contribution is 9.10. The third-order valence-corrected chi connectivity index (χ3v) is 5.32. The van der Waals surface area contributed by atoms with Gasteiger partial charge in [-0.15, -0.1) is 11.3 Å². The van der Waals surface area contributed by atoms with Crippen molar-refractivity contribution in [2.24, 2.45) is 0 Å². The molecule has 5 heteroatoms. The average molecular weight is 401 g/mol. The van der Waals surface area contributed by atoms with Crippen molar-refractivity contribution in [3.63, 3.8) is 0 Å². The second-order valence-electron chi connectivity index (χ2n) is 5.49. The summed E-state index contributed by atoms with van der Waals surface area (Å²) >= 11 is 5.14. The van der Waals surface area contributed by atoms with Gasteiger partial charge in [-0.25, -0.2) is 4.98 Å². The number of benzene rings is 2. The Bertz CT molecular complexity index is 871. The minimum atomic E-state index is -0.126. The highest BCUT2D eigenvalue weighted by Gasteiger charge is 2.10. The quantitative estimate of drug-likeness (QED) is 0.610. The van der Waals surface area contributed by atoms with Gasteiger partial charge in [0.2, 0.25) is 0 Å². The molecule has 0 radical (unpaired) electrons. The Balaban J connectivity index is 1.76. The number of hydrogen-bond acceptors (Lipinski definition) is 3. The molecule has 0 aliphatic heterocycles. The van der Waals surface area contributed by atoms with E-state index in [1.807, 2.05) is 49.4 Å². The molecule has 1 amide bonds. The lowest BCUT2D eigenvalue weighted by Crippen LogP contribution is -2.12. The van der Waals surface area contributed by atoms with Crippen LogP contribution in [0.5, 0.6) is 0 Å². The maximum absolute atomic E-state index is 12.4. The molecule has 0 saturated heterocycles. The molecule has 3 aromatic rings. The molecule has 0 bridgehead atoms.